The highest BCUT2D eigenvalue weighted by Crippen LogP contribution is 2.43. The third-order valence-electron chi connectivity index (χ3n) is 8.20. The van der Waals surface area contributed by atoms with Gasteiger partial charge in [-0.1, -0.05) is 38.4 Å². The summed E-state index contributed by atoms with van der Waals surface area (Å²) in [6.45, 7) is 12.7. The molecule has 1 aliphatic rings. The summed E-state index contributed by atoms with van der Waals surface area (Å²) >= 11 is 6.57. The second-order valence-corrected chi connectivity index (χ2v) is 17.3. The van der Waals surface area contributed by atoms with Gasteiger partial charge in [0.15, 0.2) is 14.4 Å². The van der Waals surface area contributed by atoms with Gasteiger partial charge in [0.25, 0.3) is 5.91 Å². The van der Waals surface area contributed by atoms with Crippen LogP contribution in [0.1, 0.15) is 43.7 Å². The summed E-state index contributed by atoms with van der Waals surface area (Å²) in [5.41, 5.74) is 3.78. The van der Waals surface area contributed by atoms with Crippen LogP contribution in [-0.2, 0) is 22.7 Å². The molecule has 1 aromatic carbocycles. The van der Waals surface area contributed by atoms with Crippen molar-refractivity contribution >= 4 is 43.1 Å². The fourth-order valence-electron chi connectivity index (χ4n) is 4.78. The second-order valence-electron chi connectivity index (χ2n) is 12.2. The van der Waals surface area contributed by atoms with E-state index in [1.54, 1.807) is 23.1 Å². The molecular weight excluding hydrogens is 571 g/mol. The lowest BCUT2D eigenvalue weighted by Crippen LogP contribution is -2.46. The van der Waals surface area contributed by atoms with Crippen LogP contribution in [0.15, 0.2) is 54.9 Å². The van der Waals surface area contributed by atoms with Crippen LogP contribution in [0.5, 0.6) is 0 Å². The number of fused-ring (bicyclic) bond motifs is 1. The number of amides is 1. The summed E-state index contributed by atoms with van der Waals surface area (Å²) < 4.78 is 24.3. The van der Waals surface area contributed by atoms with Gasteiger partial charge in [-0.25, -0.2) is 14.4 Å². The van der Waals surface area contributed by atoms with E-state index >= 15 is 4.39 Å². The van der Waals surface area contributed by atoms with Crippen molar-refractivity contribution in [3.05, 3.63) is 82.6 Å². The zero-order chi connectivity index (χ0) is 30.4. The summed E-state index contributed by atoms with van der Waals surface area (Å²) in [6, 6.07) is 12.6. The monoisotopic (exact) mass is 606 g/mol. The Hall–Kier alpha value is -3.60. The van der Waals surface area contributed by atoms with Crippen molar-refractivity contribution < 1.29 is 13.6 Å². The Morgan fingerprint density at radius 2 is 1.88 bits per heavy atom. The maximum absolute atomic E-state index is 15.9. The van der Waals surface area contributed by atoms with Gasteiger partial charge in [0.1, 0.15) is 22.6 Å². The Morgan fingerprint density at radius 3 is 2.55 bits per heavy atom. The van der Waals surface area contributed by atoms with E-state index in [4.69, 9.17) is 16.0 Å². The molecule has 0 saturated carbocycles. The Kier molecular flexibility index (Phi) is 7.99. The van der Waals surface area contributed by atoms with Crippen LogP contribution in [0.25, 0.3) is 11.1 Å². The summed E-state index contributed by atoms with van der Waals surface area (Å²) in [6.07, 6.45) is 2.89. The first kappa shape index (κ1) is 29.9. The Bertz CT molecular complexity index is 1650. The highest BCUT2D eigenvalue weighted by atomic mass is 35.5. The van der Waals surface area contributed by atoms with Gasteiger partial charge in [-0.05, 0) is 78.5 Å². The summed E-state index contributed by atoms with van der Waals surface area (Å²) in [5, 5.41) is 7.46. The summed E-state index contributed by atoms with van der Waals surface area (Å²) in [7, 11) is -0.603. The van der Waals surface area contributed by atoms with E-state index in [1.807, 2.05) is 44.3 Å². The van der Waals surface area contributed by atoms with Crippen molar-refractivity contribution in [2.45, 2.75) is 58.4 Å². The first-order valence-corrected chi connectivity index (χ1v) is 17.2. The van der Waals surface area contributed by atoms with Gasteiger partial charge in [0, 0.05) is 37.1 Å². The maximum atomic E-state index is 15.9. The van der Waals surface area contributed by atoms with Crippen LogP contribution < -0.4 is 10.2 Å². The molecule has 42 heavy (non-hydrogen) atoms. The minimum atomic E-state index is -2.44. The summed E-state index contributed by atoms with van der Waals surface area (Å²) in [4.78, 5) is 24.5. The van der Waals surface area contributed by atoms with E-state index < -0.39 is 20.2 Å². The fourth-order valence-corrected chi connectivity index (χ4v) is 6.24. The second kappa shape index (κ2) is 11.2. The van der Waals surface area contributed by atoms with E-state index in [9.17, 15) is 4.79 Å². The number of rotatable bonds is 7. The first-order chi connectivity index (χ1) is 19.7. The molecule has 1 N–H and O–H groups in total. The normalized spacial score (nSPS) is 14.2. The molecule has 1 atom stereocenters. The van der Waals surface area contributed by atoms with Crippen molar-refractivity contribution in [2.75, 3.05) is 16.8 Å². The van der Waals surface area contributed by atoms with Crippen LogP contribution in [0.4, 0.5) is 21.7 Å². The largest absolute Gasteiger partial charge is 0.401 e. The predicted octanol–water partition coefficient (Wildman–Crippen LogP) is 7.37. The lowest BCUT2D eigenvalue weighted by atomic mass is 10.0. The minimum Gasteiger partial charge on any atom is -0.401 e. The number of pyridine rings is 2. The van der Waals surface area contributed by atoms with E-state index in [2.05, 4.69) is 54.2 Å². The Labute approximate surface area is 252 Å². The number of nitrogens with zero attached hydrogens (tertiary/aromatic N) is 5. The van der Waals surface area contributed by atoms with Gasteiger partial charge >= 0.3 is 0 Å². The number of carbonyl (C=O) groups is 1. The van der Waals surface area contributed by atoms with Crippen molar-refractivity contribution in [3.63, 3.8) is 0 Å². The van der Waals surface area contributed by atoms with Gasteiger partial charge < -0.3 is 14.6 Å². The van der Waals surface area contributed by atoms with Crippen molar-refractivity contribution in [1.82, 2.24) is 19.7 Å². The molecule has 4 aromatic rings. The third kappa shape index (κ3) is 5.84. The van der Waals surface area contributed by atoms with E-state index in [0.717, 1.165) is 22.6 Å². The average molecular weight is 607 g/mol. The van der Waals surface area contributed by atoms with Gasteiger partial charge in [0.05, 0.1) is 11.9 Å². The molecule has 0 saturated heterocycles. The molecule has 11 heteroatoms. The topological polar surface area (TPSA) is 85.2 Å². The number of hydrogen-bond donors (Lipinski definition) is 1. The Morgan fingerprint density at radius 1 is 1.12 bits per heavy atom. The standard InChI is InChI=1S/C31H36ClFN6O2Si/c1-19-8-9-23(29(32)36-19)28(41-42(6,7)31(2,3)4)30(40)39-15-12-21-16-22(17-24(33)27(21)39)20-10-13-34-25(18-20)37-26-11-14-35-38(26)5/h8-11,13-14,16-18,28H,12,15H2,1-7H3,(H,34,37). The van der Waals surface area contributed by atoms with E-state index in [0.29, 0.717) is 29.9 Å². The molecule has 0 aliphatic carbocycles. The minimum absolute atomic E-state index is 0.159. The number of carbonyl (C=O) groups excluding carboxylic acids is 1. The Balaban J connectivity index is 1.48. The van der Waals surface area contributed by atoms with Crippen LogP contribution in [0, 0.1) is 12.7 Å². The SMILES string of the molecule is Cc1ccc(C(O[Si](C)(C)C(C)(C)C)C(=O)N2CCc3cc(-c4ccnc(Nc5ccnn5C)c4)cc(F)c32)c(Cl)n1. The van der Waals surface area contributed by atoms with E-state index in [1.165, 1.54) is 11.0 Å². The smallest absolute Gasteiger partial charge is 0.259 e. The van der Waals surface area contributed by atoms with Gasteiger partial charge in [-0.3, -0.25) is 9.48 Å². The maximum Gasteiger partial charge on any atom is 0.259 e. The molecule has 1 amide bonds. The molecular formula is C31H36ClFN6O2Si. The number of nitrogens with one attached hydrogen (secondary N) is 1. The number of halogens is 2. The van der Waals surface area contributed by atoms with Crippen LogP contribution >= 0.6 is 11.6 Å². The first-order valence-electron chi connectivity index (χ1n) is 13.9. The van der Waals surface area contributed by atoms with Gasteiger partial charge in [0.2, 0.25) is 0 Å². The molecule has 1 unspecified atom stereocenters. The predicted molar refractivity (Wildman–Crippen MR) is 167 cm³/mol. The van der Waals surface area contributed by atoms with Crippen molar-refractivity contribution in [3.8, 4) is 11.1 Å². The molecule has 0 bridgehead atoms. The highest BCUT2D eigenvalue weighted by Gasteiger charge is 2.44. The van der Waals surface area contributed by atoms with E-state index in [-0.39, 0.29) is 21.8 Å². The molecule has 4 heterocycles. The number of aryl methyl sites for hydroxylation is 2. The number of aromatic nitrogens is 4. The lowest BCUT2D eigenvalue weighted by molar-refractivity contribution is -0.126. The van der Waals surface area contributed by atoms with Gasteiger partial charge in [-0.2, -0.15) is 5.10 Å². The molecule has 0 radical (unpaired) electrons. The molecule has 5 rings (SSSR count). The highest BCUT2D eigenvalue weighted by molar-refractivity contribution is 6.74. The molecule has 0 spiro atoms. The average Bonchev–Trinajstić information content (AvgIpc) is 3.53. The van der Waals surface area contributed by atoms with Crippen molar-refractivity contribution in [2.24, 2.45) is 7.05 Å². The van der Waals surface area contributed by atoms with Crippen LogP contribution in [0.2, 0.25) is 23.3 Å². The molecule has 8 nitrogen and oxygen atoms in total. The zero-order valence-corrected chi connectivity index (χ0v) is 26.8. The summed E-state index contributed by atoms with van der Waals surface area (Å²) in [5.74, 6) is 0.588. The van der Waals surface area contributed by atoms with Gasteiger partial charge in [-0.15, -0.1) is 0 Å². The molecule has 1 aliphatic heterocycles. The number of anilines is 3. The molecule has 220 valence electrons. The van der Waals surface area contributed by atoms with Crippen LogP contribution in [-0.4, -0.2) is 40.5 Å². The fraction of sp³-hybridized carbons (Fsp3) is 0.355. The third-order valence-corrected chi connectivity index (χ3v) is 12.9. The quantitative estimate of drug-likeness (QED) is 0.175. The van der Waals surface area contributed by atoms with Crippen molar-refractivity contribution in [1.29, 1.82) is 0 Å². The number of hydrogen-bond acceptors (Lipinski definition) is 6. The van der Waals surface area contributed by atoms with Crippen LogP contribution in [0.3, 0.4) is 0 Å². The molecule has 3 aromatic heterocycles. The zero-order valence-electron chi connectivity index (χ0n) is 25.0. The number of benzene rings is 1. The molecule has 0 fully saturated rings. The lowest BCUT2D eigenvalue weighted by Gasteiger charge is -2.39.